The van der Waals surface area contributed by atoms with E-state index in [1.165, 1.54) is 250 Å². The van der Waals surface area contributed by atoms with Gasteiger partial charge >= 0.3 is 5.97 Å². The van der Waals surface area contributed by atoms with Crippen molar-refractivity contribution >= 4 is 11.9 Å². The van der Waals surface area contributed by atoms with Gasteiger partial charge in [0.15, 0.2) is 0 Å². The fourth-order valence-electron chi connectivity index (χ4n) is 9.59. The highest BCUT2D eigenvalue weighted by molar-refractivity contribution is 5.76. The molecule has 0 radical (unpaired) electrons. The standard InChI is InChI=1S/C64H121NO5/c1-3-5-7-9-11-13-15-33-37-40-44-48-52-56-62(67)61(60-66)65-63(68)57-53-49-45-41-38-34-31-29-27-25-23-21-19-17-16-18-20-22-24-26-28-30-32-35-39-43-47-51-55-59-70-64(69)58-54-50-46-42-36-14-12-10-8-6-4-2/h10,12,16,18,22,24,61-62,66-67H,3-9,11,13-15,17,19-21,23,25-60H2,1-2H3,(H,65,68)/b12-10-,18-16-,24-22-. The average molecular weight is 985 g/mol. The first kappa shape index (κ1) is 68.1. The van der Waals surface area contributed by atoms with Gasteiger partial charge < -0.3 is 20.3 Å². The second kappa shape index (κ2) is 59.6. The number of carbonyl (C=O) groups is 2. The number of rotatable bonds is 58. The molecule has 70 heavy (non-hydrogen) atoms. The smallest absolute Gasteiger partial charge is 0.305 e. The molecule has 0 heterocycles. The van der Waals surface area contributed by atoms with Crippen LogP contribution < -0.4 is 5.32 Å². The summed E-state index contributed by atoms with van der Waals surface area (Å²) in [7, 11) is 0. The molecule has 0 aromatic heterocycles. The third-order valence-electron chi connectivity index (χ3n) is 14.4. The van der Waals surface area contributed by atoms with E-state index in [0.717, 1.165) is 51.4 Å². The van der Waals surface area contributed by atoms with E-state index in [0.29, 0.717) is 25.9 Å². The monoisotopic (exact) mass is 984 g/mol. The van der Waals surface area contributed by atoms with Crippen LogP contribution in [0.25, 0.3) is 0 Å². The lowest BCUT2D eigenvalue weighted by atomic mass is 10.0. The summed E-state index contributed by atoms with van der Waals surface area (Å²) in [6.07, 6.45) is 74.5. The van der Waals surface area contributed by atoms with Crippen molar-refractivity contribution in [3.8, 4) is 0 Å². The van der Waals surface area contributed by atoms with Gasteiger partial charge in [0.25, 0.3) is 0 Å². The molecule has 0 aromatic rings. The lowest BCUT2D eigenvalue weighted by molar-refractivity contribution is -0.143. The zero-order chi connectivity index (χ0) is 50.7. The number of unbranched alkanes of at least 4 members (excludes halogenated alkanes) is 41. The van der Waals surface area contributed by atoms with E-state index >= 15 is 0 Å². The first-order valence-electron chi connectivity index (χ1n) is 31.2. The molecule has 0 saturated carbocycles. The number of aliphatic hydroxyl groups excluding tert-OH is 2. The Hall–Kier alpha value is -1.92. The summed E-state index contributed by atoms with van der Waals surface area (Å²) in [5, 5.41) is 23.3. The van der Waals surface area contributed by atoms with Crippen LogP contribution in [-0.2, 0) is 14.3 Å². The number of esters is 1. The highest BCUT2D eigenvalue weighted by Gasteiger charge is 2.20. The van der Waals surface area contributed by atoms with Crippen LogP contribution in [0.4, 0.5) is 0 Å². The molecule has 2 atom stereocenters. The molecule has 6 heteroatoms. The maximum Gasteiger partial charge on any atom is 0.305 e. The number of hydrogen-bond donors (Lipinski definition) is 3. The van der Waals surface area contributed by atoms with Crippen molar-refractivity contribution in [3.63, 3.8) is 0 Å². The molecule has 6 nitrogen and oxygen atoms in total. The van der Waals surface area contributed by atoms with Crippen molar-refractivity contribution in [1.82, 2.24) is 5.32 Å². The predicted molar refractivity (Wildman–Crippen MR) is 306 cm³/mol. The summed E-state index contributed by atoms with van der Waals surface area (Å²) in [6, 6.07) is -0.541. The van der Waals surface area contributed by atoms with E-state index < -0.39 is 12.1 Å². The second-order valence-corrected chi connectivity index (χ2v) is 21.4. The predicted octanol–water partition coefficient (Wildman–Crippen LogP) is 19.6. The molecule has 412 valence electrons. The fourth-order valence-corrected chi connectivity index (χ4v) is 9.59. The summed E-state index contributed by atoms with van der Waals surface area (Å²) < 4.78 is 5.45. The van der Waals surface area contributed by atoms with Crippen LogP contribution in [0, 0.1) is 0 Å². The number of nitrogens with one attached hydrogen (secondary N) is 1. The minimum atomic E-state index is -0.664. The van der Waals surface area contributed by atoms with E-state index in [4.69, 9.17) is 4.74 Å². The van der Waals surface area contributed by atoms with Crippen molar-refractivity contribution in [3.05, 3.63) is 36.5 Å². The molecular weight excluding hydrogens is 863 g/mol. The van der Waals surface area contributed by atoms with Crippen LogP contribution in [0.2, 0.25) is 0 Å². The van der Waals surface area contributed by atoms with Gasteiger partial charge in [0.1, 0.15) is 0 Å². The average Bonchev–Trinajstić information content (AvgIpc) is 3.36. The zero-order valence-electron chi connectivity index (χ0n) is 47.0. The Kier molecular flexibility index (Phi) is 58.0. The first-order chi connectivity index (χ1) is 34.5. The van der Waals surface area contributed by atoms with Gasteiger partial charge in [0.2, 0.25) is 5.91 Å². The maximum atomic E-state index is 12.5. The van der Waals surface area contributed by atoms with Gasteiger partial charge in [-0.15, -0.1) is 0 Å². The summed E-state index contributed by atoms with van der Waals surface area (Å²) in [5.41, 5.74) is 0. The van der Waals surface area contributed by atoms with Crippen molar-refractivity contribution in [2.75, 3.05) is 13.2 Å². The van der Waals surface area contributed by atoms with Crippen molar-refractivity contribution < 1.29 is 24.5 Å². The number of allylic oxidation sites excluding steroid dienone is 6. The van der Waals surface area contributed by atoms with E-state index in [9.17, 15) is 19.8 Å². The lowest BCUT2D eigenvalue weighted by Gasteiger charge is -2.22. The molecule has 0 bridgehead atoms. The van der Waals surface area contributed by atoms with Gasteiger partial charge in [-0.1, -0.05) is 281 Å². The summed E-state index contributed by atoms with van der Waals surface area (Å²) >= 11 is 0. The highest BCUT2D eigenvalue weighted by atomic mass is 16.5. The van der Waals surface area contributed by atoms with Crippen LogP contribution in [0.3, 0.4) is 0 Å². The van der Waals surface area contributed by atoms with Gasteiger partial charge in [-0.05, 0) is 77.0 Å². The van der Waals surface area contributed by atoms with Gasteiger partial charge in [0.05, 0.1) is 25.4 Å². The molecule has 0 spiro atoms. The zero-order valence-corrected chi connectivity index (χ0v) is 47.0. The van der Waals surface area contributed by atoms with E-state index in [1.807, 2.05) is 0 Å². The third kappa shape index (κ3) is 55.4. The summed E-state index contributed by atoms with van der Waals surface area (Å²) in [6.45, 7) is 4.92. The Morgan fingerprint density at radius 2 is 0.729 bits per heavy atom. The van der Waals surface area contributed by atoms with Crippen LogP contribution >= 0.6 is 0 Å². The molecule has 0 fully saturated rings. The van der Waals surface area contributed by atoms with Gasteiger partial charge in [0, 0.05) is 12.8 Å². The quantitative estimate of drug-likeness (QED) is 0.0321. The minimum absolute atomic E-state index is 0.000748. The Labute approximate surface area is 436 Å². The summed E-state index contributed by atoms with van der Waals surface area (Å²) in [5.74, 6) is -0.0345. The fraction of sp³-hybridized carbons (Fsp3) is 0.875. The molecule has 0 aromatic carbocycles. The molecule has 0 saturated heterocycles. The molecule has 0 aliphatic heterocycles. The van der Waals surface area contributed by atoms with Gasteiger partial charge in [-0.25, -0.2) is 0 Å². The normalized spacial score (nSPS) is 12.8. The number of amides is 1. The molecule has 0 aliphatic carbocycles. The molecule has 0 aliphatic rings. The number of ether oxygens (including phenoxy) is 1. The van der Waals surface area contributed by atoms with Crippen molar-refractivity contribution in [2.45, 2.75) is 347 Å². The SMILES string of the molecule is CCCC/C=C\CCCCCCCC(=O)OCCCCCCCCCCC/C=C\C/C=C\CCCCCCCCCCCCCCCC(=O)NC(CO)C(O)CCCCCCCCCCCCCCC. The number of carbonyl (C=O) groups excluding carboxylic acids is 2. The van der Waals surface area contributed by atoms with E-state index in [-0.39, 0.29) is 18.5 Å². The number of hydrogen-bond acceptors (Lipinski definition) is 5. The van der Waals surface area contributed by atoms with Crippen LogP contribution in [0.1, 0.15) is 335 Å². The second-order valence-electron chi connectivity index (χ2n) is 21.4. The molecule has 1 amide bonds. The minimum Gasteiger partial charge on any atom is -0.466 e. The summed E-state index contributed by atoms with van der Waals surface area (Å²) in [4.78, 5) is 24.5. The molecular formula is C64H121NO5. The lowest BCUT2D eigenvalue weighted by Crippen LogP contribution is -2.45. The van der Waals surface area contributed by atoms with E-state index in [1.54, 1.807) is 0 Å². The Morgan fingerprint density at radius 3 is 1.14 bits per heavy atom. The highest BCUT2D eigenvalue weighted by Crippen LogP contribution is 2.17. The molecule has 0 rings (SSSR count). The Balaban J connectivity index is 3.40. The Morgan fingerprint density at radius 1 is 0.400 bits per heavy atom. The maximum absolute atomic E-state index is 12.5. The van der Waals surface area contributed by atoms with Gasteiger partial charge in [-0.2, -0.15) is 0 Å². The van der Waals surface area contributed by atoms with Crippen molar-refractivity contribution in [2.24, 2.45) is 0 Å². The molecule has 2 unspecified atom stereocenters. The van der Waals surface area contributed by atoms with E-state index in [2.05, 4.69) is 55.6 Å². The topological polar surface area (TPSA) is 95.9 Å². The van der Waals surface area contributed by atoms with Crippen LogP contribution in [-0.4, -0.2) is 47.4 Å². The largest absolute Gasteiger partial charge is 0.466 e. The first-order valence-corrected chi connectivity index (χ1v) is 31.2. The van der Waals surface area contributed by atoms with Crippen LogP contribution in [0.15, 0.2) is 36.5 Å². The van der Waals surface area contributed by atoms with Crippen molar-refractivity contribution in [1.29, 1.82) is 0 Å². The Bertz CT molecular complexity index is 1130. The van der Waals surface area contributed by atoms with Gasteiger partial charge in [-0.3, -0.25) is 9.59 Å². The number of aliphatic hydroxyl groups is 2. The molecule has 3 N–H and O–H groups in total. The van der Waals surface area contributed by atoms with Crippen LogP contribution in [0.5, 0.6) is 0 Å². The third-order valence-corrected chi connectivity index (χ3v) is 14.4.